The van der Waals surface area contributed by atoms with Gasteiger partial charge < -0.3 is 35.2 Å². The third-order valence-corrected chi connectivity index (χ3v) is 7.79. The number of hydrogen-bond donors (Lipinski definition) is 6. The molecule has 0 aliphatic carbocycles. The normalized spacial score (nSPS) is 32.0. The second-order valence-electron chi connectivity index (χ2n) is 5.68. The maximum absolute atomic E-state index is 15.2. The first-order valence-electron chi connectivity index (χ1n) is 8.41. The highest BCUT2D eigenvalue weighted by molar-refractivity contribution is 7.91. The van der Waals surface area contributed by atoms with Crippen LogP contribution in [0.15, 0.2) is 11.0 Å². The number of aromatic nitrogens is 3. The number of anilines is 1. The molecule has 7 N–H and O–H groups in total. The first-order valence-corrected chi connectivity index (χ1v) is 13.4. The van der Waals surface area contributed by atoms with Gasteiger partial charge in [-0.15, -0.1) is 0 Å². The lowest BCUT2D eigenvalue weighted by atomic mass is 9.98. The van der Waals surface area contributed by atoms with Crippen LogP contribution in [0.3, 0.4) is 0 Å². The summed E-state index contributed by atoms with van der Waals surface area (Å²) in [7, 11) is -14.4. The molecule has 0 aromatic carbocycles. The fraction of sp³-hybridized carbons (Fsp3) is 0.667. The summed E-state index contributed by atoms with van der Waals surface area (Å²) in [5, 5.41) is 13.5. The summed E-state index contributed by atoms with van der Waals surface area (Å²) >= 11 is 0. The second-order valence-corrected chi connectivity index (χ2v) is 11.9. The molecule has 1 aliphatic heterocycles. The predicted octanol–water partition coefficient (Wildman–Crippen LogP) is -0.788. The molecule has 6 atom stereocenters. The van der Waals surface area contributed by atoms with Crippen molar-refractivity contribution in [2.45, 2.75) is 24.1 Å². The van der Waals surface area contributed by atoms with E-state index in [1.54, 1.807) is 0 Å². The molecule has 3 unspecified atom stereocenters. The maximum atomic E-state index is 15.2. The number of nitrogens with zero attached hydrogens (tertiary/aromatic N) is 3. The van der Waals surface area contributed by atoms with Crippen molar-refractivity contribution in [1.29, 1.82) is 0 Å². The Kier molecular flexibility index (Phi) is 7.02. The van der Waals surface area contributed by atoms with E-state index in [0.717, 1.165) is 6.20 Å². The van der Waals surface area contributed by atoms with Gasteiger partial charge in [0.25, 0.3) is 7.23 Å². The highest BCUT2D eigenvalue weighted by Gasteiger charge is 2.60. The zero-order chi connectivity index (χ0) is 25.6. The van der Waals surface area contributed by atoms with Crippen LogP contribution in [0.4, 0.5) is 14.6 Å². The SMILES string of the molecule is [2H]C([2H])(OP(=O)(O)OP(=O)(O)OP(O)(O)=P)[C@H]1O[C@@H](n2ncc(N)nc2=O)C(F)(CF)[C@H]1O. The summed E-state index contributed by atoms with van der Waals surface area (Å²) in [5.41, 5.74) is 0.260. The van der Waals surface area contributed by atoms with Crippen LogP contribution >= 0.6 is 31.4 Å². The molecule has 1 aliphatic rings. The Morgan fingerprint density at radius 2 is 1.97 bits per heavy atom. The van der Waals surface area contributed by atoms with Crippen LogP contribution in [0.2, 0.25) is 0 Å². The summed E-state index contributed by atoms with van der Waals surface area (Å²) < 4.78 is 83.9. The number of aliphatic hydroxyl groups excluding tert-OH is 1. The lowest BCUT2D eigenvalue weighted by Crippen LogP contribution is -2.47. The van der Waals surface area contributed by atoms with Gasteiger partial charge in [0.15, 0.2) is 6.23 Å². The molecule has 2 heterocycles. The zero-order valence-electron chi connectivity index (χ0n) is 16.6. The average molecular weight is 536 g/mol. The Bertz CT molecular complexity index is 1110. The minimum Gasteiger partial charge on any atom is -0.387 e. The predicted molar refractivity (Wildman–Crippen MR) is 97.9 cm³/mol. The van der Waals surface area contributed by atoms with E-state index < -0.39 is 71.7 Å². The molecule has 1 aromatic rings. The number of phosphoric ester groups is 1. The van der Waals surface area contributed by atoms with Gasteiger partial charge in [0.05, 0.1) is 15.5 Å². The minimum absolute atomic E-state index is 0.0711. The van der Waals surface area contributed by atoms with Crippen molar-refractivity contribution in [3.8, 4) is 0 Å². The number of halogens is 2. The van der Waals surface area contributed by atoms with E-state index in [9.17, 15) is 33.2 Å². The molecule has 31 heavy (non-hydrogen) atoms. The van der Waals surface area contributed by atoms with Crippen LogP contribution in [0.25, 0.3) is 0 Å². The van der Waals surface area contributed by atoms with Gasteiger partial charge in [-0.25, -0.2) is 27.0 Å². The van der Waals surface area contributed by atoms with Crippen LogP contribution in [0.1, 0.15) is 8.97 Å². The first kappa shape index (κ1) is 23.5. The number of alkyl halides is 2. The Morgan fingerprint density at radius 3 is 2.48 bits per heavy atom. The molecule has 0 spiro atoms. The molecule has 0 bridgehead atoms. The highest BCUT2D eigenvalue weighted by atomic mass is 31.8. The monoisotopic (exact) mass is 536 g/mol. The van der Waals surface area contributed by atoms with Gasteiger partial charge in [0.1, 0.15) is 24.7 Å². The van der Waals surface area contributed by atoms with Crippen molar-refractivity contribution >= 4 is 37.2 Å². The van der Waals surface area contributed by atoms with Crippen molar-refractivity contribution in [3.05, 3.63) is 16.7 Å². The van der Waals surface area contributed by atoms with Crippen LogP contribution in [-0.4, -0.2) is 70.6 Å². The molecule has 0 saturated carbocycles. The van der Waals surface area contributed by atoms with Crippen LogP contribution < -0.4 is 11.4 Å². The molecule has 2 rings (SSSR count). The third-order valence-electron chi connectivity index (χ3n) is 3.33. The van der Waals surface area contributed by atoms with Crippen molar-refractivity contribution in [3.63, 3.8) is 0 Å². The summed E-state index contributed by atoms with van der Waals surface area (Å²) in [6, 6.07) is 0. The molecule has 1 saturated heterocycles. The molecular weight excluding hydrogens is 518 g/mol. The molecule has 22 heteroatoms. The lowest BCUT2D eigenvalue weighted by molar-refractivity contribution is -0.0804. The number of nitrogens with two attached hydrogens (primary N) is 1. The molecule has 0 radical (unpaired) electrons. The van der Waals surface area contributed by atoms with Crippen molar-refractivity contribution in [2.24, 2.45) is 0 Å². The molecule has 16 nitrogen and oxygen atoms in total. The van der Waals surface area contributed by atoms with E-state index in [0.29, 0.717) is 0 Å². The zero-order valence-corrected chi connectivity index (χ0v) is 18.3. The van der Waals surface area contributed by atoms with E-state index in [1.807, 2.05) is 0 Å². The number of hydrogen-bond acceptors (Lipinski definition) is 11. The lowest BCUT2D eigenvalue weighted by Gasteiger charge is -2.25. The first-order chi connectivity index (χ1) is 14.7. The topological polar surface area (TPSA) is 246 Å². The minimum atomic E-state index is -6.02. The van der Waals surface area contributed by atoms with Crippen LogP contribution in [0.5, 0.6) is 0 Å². The average Bonchev–Trinajstić information content (AvgIpc) is 2.83. The standard InChI is InChI=1S/C9H16F2N4O12P4/c10-3-9(11)6(16)4(25-7(9)15-8(17)14-5(12)1-13-15)2-24-29(18,19)26-30(20,21)27-31(22,23)28/h1,4,6-7,16,22-23,28H,2-3H2,(H,18,19)(H,20,21)(H2,12,14,17)/t4-,6+,7-,9?/m1/s1/i2D2. The van der Waals surface area contributed by atoms with Gasteiger partial charge in [-0.1, -0.05) is 0 Å². The van der Waals surface area contributed by atoms with Gasteiger partial charge in [-0.2, -0.15) is 19.1 Å². The van der Waals surface area contributed by atoms with E-state index in [-0.39, 0.29) is 4.68 Å². The van der Waals surface area contributed by atoms with E-state index >= 15 is 4.39 Å². The van der Waals surface area contributed by atoms with E-state index in [4.69, 9.17) is 23.0 Å². The maximum Gasteiger partial charge on any atom is 0.488 e. The molecule has 178 valence electrons. The largest absolute Gasteiger partial charge is 0.488 e. The molecular formula is C9H16F2N4O12P4. The van der Waals surface area contributed by atoms with Gasteiger partial charge >= 0.3 is 21.3 Å². The Labute approximate surface area is 175 Å². The van der Waals surface area contributed by atoms with Crippen LogP contribution in [-0.2, 0) is 27.0 Å². The molecule has 1 fully saturated rings. The highest BCUT2D eigenvalue weighted by Crippen LogP contribution is 2.67. The van der Waals surface area contributed by atoms with Gasteiger partial charge in [0.2, 0.25) is 5.67 Å². The number of rotatable bonds is 9. The number of ether oxygens (including phenoxy) is 1. The molecule has 0 amide bonds. The summed E-state index contributed by atoms with van der Waals surface area (Å²) in [6.07, 6.45) is -7.25. The Hall–Kier alpha value is -0.700. The quantitative estimate of drug-likeness (QED) is 0.212. The third kappa shape index (κ3) is 6.65. The fourth-order valence-corrected chi connectivity index (χ4v) is 6.05. The van der Waals surface area contributed by atoms with Crippen molar-refractivity contribution in [2.75, 3.05) is 19.0 Å². The second kappa shape index (κ2) is 9.27. The number of nitrogen functional groups attached to an aromatic ring is 1. The summed E-state index contributed by atoms with van der Waals surface area (Å²) in [4.78, 5) is 51.8. The number of aliphatic hydroxyl groups is 1. The van der Waals surface area contributed by atoms with Gasteiger partial charge in [0, 0.05) is 0 Å². The fourth-order valence-electron chi connectivity index (χ4n) is 2.17. The van der Waals surface area contributed by atoms with Crippen LogP contribution in [0, 0.1) is 0 Å². The number of phosphoric acid groups is 2. The molecule has 1 aromatic heterocycles. The smallest absolute Gasteiger partial charge is 0.387 e. The Morgan fingerprint density at radius 1 is 1.35 bits per heavy atom. The van der Waals surface area contributed by atoms with Gasteiger partial charge in [-0.05, 0) is 8.53 Å². The Balaban J connectivity index is 2.34. The summed E-state index contributed by atoms with van der Waals surface area (Å²) in [6.45, 7) is -5.87. The van der Waals surface area contributed by atoms with Gasteiger partial charge in [-0.3, -0.25) is 4.52 Å². The van der Waals surface area contributed by atoms with Crippen molar-refractivity contribution in [1.82, 2.24) is 14.8 Å². The van der Waals surface area contributed by atoms with E-state index in [1.165, 1.54) is 0 Å². The summed E-state index contributed by atoms with van der Waals surface area (Å²) in [5.74, 6) is -0.427. The van der Waals surface area contributed by atoms with E-state index in [2.05, 4.69) is 31.8 Å². The van der Waals surface area contributed by atoms with Crippen molar-refractivity contribution < 1.29 is 63.2 Å².